The summed E-state index contributed by atoms with van der Waals surface area (Å²) < 4.78 is 19.4. The third kappa shape index (κ3) is 2.19. The van der Waals surface area contributed by atoms with Crippen molar-refractivity contribution in [2.45, 2.75) is 19.4 Å². The molecule has 1 N–H and O–H groups in total. The summed E-state index contributed by atoms with van der Waals surface area (Å²) in [6, 6.07) is 3.09. The van der Waals surface area contributed by atoms with Crippen LogP contribution in [0.4, 0.5) is 9.18 Å². The first-order valence-electron chi connectivity index (χ1n) is 4.97. The normalized spacial score (nSPS) is 20.2. The van der Waals surface area contributed by atoms with Gasteiger partial charge in [-0.2, -0.15) is 0 Å². The monoisotopic (exact) mass is 287 g/mol. The molecule has 5 heteroatoms. The first-order chi connectivity index (χ1) is 7.58. The smallest absolute Gasteiger partial charge is 0.407 e. The van der Waals surface area contributed by atoms with Gasteiger partial charge in [0.15, 0.2) is 0 Å². The Morgan fingerprint density at radius 3 is 3.00 bits per heavy atom. The van der Waals surface area contributed by atoms with E-state index in [0.29, 0.717) is 24.2 Å². The van der Waals surface area contributed by atoms with Crippen LogP contribution in [0, 0.1) is 12.7 Å². The van der Waals surface area contributed by atoms with Crippen molar-refractivity contribution in [3.63, 3.8) is 0 Å². The Morgan fingerprint density at radius 2 is 2.31 bits per heavy atom. The molecule has 1 saturated heterocycles. The first kappa shape index (κ1) is 11.4. The molecule has 16 heavy (non-hydrogen) atoms. The topological polar surface area (TPSA) is 38.3 Å². The Hall–Kier alpha value is -1.10. The lowest BCUT2D eigenvalue weighted by atomic mass is 10.0. The molecule has 0 aromatic heterocycles. The van der Waals surface area contributed by atoms with Gasteiger partial charge < -0.3 is 10.1 Å². The highest BCUT2D eigenvalue weighted by molar-refractivity contribution is 9.10. The Labute approximate surface area is 101 Å². The van der Waals surface area contributed by atoms with Crippen LogP contribution in [0.3, 0.4) is 0 Å². The SMILES string of the molecule is Cc1cc(Br)cc([C@@H]2CCOC(=O)N2)c1F. The van der Waals surface area contributed by atoms with Crippen LogP contribution in [0.2, 0.25) is 0 Å². The van der Waals surface area contributed by atoms with Gasteiger partial charge in [-0.25, -0.2) is 9.18 Å². The fraction of sp³-hybridized carbons (Fsp3) is 0.364. The van der Waals surface area contributed by atoms with Crippen molar-refractivity contribution < 1.29 is 13.9 Å². The van der Waals surface area contributed by atoms with E-state index in [1.807, 2.05) is 0 Å². The van der Waals surface area contributed by atoms with Crippen LogP contribution in [0.1, 0.15) is 23.6 Å². The molecule has 0 spiro atoms. The molecule has 3 nitrogen and oxygen atoms in total. The van der Waals surface area contributed by atoms with Gasteiger partial charge in [-0.1, -0.05) is 15.9 Å². The van der Waals surface area contributed by atoms with E-state index in [9.17, 15) is 9.18 Å². The van der Waals surface area contributed by atoms with Crippen molar-refractivity contribution in [1.29, 1.82) is 0 Å². The molecule has 1 aliphatic rings. The maximum Gasteiger partial charge on any atom is 0.407 e. The second-order valence-corrected chi connectivity index (χ2v) is 4.66. The Balaban J connectivity index is 2.35. The number of benzene rings is 1. The van der Waals surface area contributed by atoms with Crippen LogP contribution in [0.25, 0.3) is 0 Å². The van der Waals surface area contributed by atoms with Crippen molar-refractivity contribution in [3.05, 3.63) is 33.5 Å². The fourth-order valence-electron chi connectivity index (χ4n) is 1.76. The molecule has 1 aliphatic heterocycles. The summed E-state index contributed by atoms with van der Waals surface area (Å²) in [4.78, 5) is 11.1. The Morgan fingerprint density at radius 1 is 1.56 bits per heavy atom. The molecule has 1 aromatic carbocycles. The molecule has 1 heterocycles. The molecule has 86 valence electrons. The average Bonchev–Trinajstić information content (AvgIpc) is 2.23. The van der Waals surface area contributed by atoms with Crippen LogP contribution in [0.15, 0.2) is 16.6 Å². The van der Waals surface area contributed by atoms with Gasteiger partial charge in [-0.3, -0.25) is 0 Å². The maximum absolute atomic E-state index is 13.9. The lowest BCUT2D eigenvalue weighted by Crippen LogP contribution is -2.35. The van der Waals surface area contributed by atoms with Crippen LogP contribution < -0.4 is 5.32 Å². The summed E-state index contributed by atoms with van der Waals surface area (Å²) in [5.41, 5.74) is 1.06. The lowest BCUT2D eigenvalue weighted by molar-refractivity contribution is 0.115. The molecule has 1 amide bonds. The summed E-state index contributed by atoms with van der Waals surface area (Å²) >= 11 is 3.32. The summed E-state index contributed by atoms with van der Waals surface area (Å²) in [6.07, 6.45) is 0.0896. The predicted molar refractivity (Wildman–Crippen MR) is 60.7 cm³/mol. The van der Waals surface area contributed by atoms with Gasteiger partial charge in [0, 0.05) is 16.5 Å². The van der Waals surface area contributed by atoms with Crippen molar-refractivity contribution in [1.82, 2.24) is 5.32 Å². The highest BCUT2D eigenvalue weighted by atomic mass is 79.9. The minimum atomic E-state index is -0.492. The van der Waals surface area contributed by atoms with Crippen LogP contribution in [-0.4, -0.2) is 12.7 Å². The maximum atomic E-state index is 13.9. The third-order valence-corrected chi connectivity index (χ3v) is 3.01. The number of cyclic esters (lactones) is 1. The van der Waals surface area contributed by atoms with E-state index in [2.05, 4.69) is 21.2 Å². The zero-order valence-corrected chi connectivity index (χ0v) is 10.3. The van der Waals surface area contributed by atoms with Gasteiger partial charge in [0.1, 0.15) is 5.82 Å². The van der Waals surface area contributed by atoms with Crippen molar-refractivity contribution in [2.24, 2.45) is 0 Å². The molecule has 0 unspecified atom stereocenters. The number of rotatable bonds is 1. The highest BCUT2D eigenvalue weighted by Crippen LogP contribution is 2.28. The molecule has 1 fully saturated rings. The summed E-state index contributed by atoms with van der Waals surface area (Å²) in [7, 11) is 0. The second-order valence-electron chi connectivity index (χ2n) is 3.75. The van der Waals surface area contributed by atoms with E-state index in [-0.39, 0.29) is 11.9 Å². The number of nitrogens with one attached hydrogen (secondary N) is 1. The van der Waals surface area contributed by atoms with Gasteiger partial charge in [0.2, 0.25) is 0 Å². The Kier molecular flexibility index (Phi) is 3.14. The molecule has 0 bridgehead atoms. The first-order valence-corrected chi connectivity index (χ1v) is 5.76. The van der Waals surface area contributed by atoms with E-state index < -0.39 is 6.09 Å². The highest BCUT2D eigenvalue weighted by Gasteiger charge is 2.24. The van der Waals surface area contributed by atoms with Gasteiger partial charge in [-0.05, 0) is 24.6 Å². The lowest BCUT2D eigenvalue weighted by Gasteiger charge is -2.24. The molecular weight excluding hydrogens is 277 g/mol. The van der Waals surface area contributed by atoms with Gasteiger partial charge in [-0.15, -0.1) is 0 Å². The van der Waals surface area contributed by atoms with Crippen LogP contribution in [-0.2, 0) is 4.74 Å². The minimum absolute atomic E-state index is 0.268. The minimum Gasteiger partial charge on any atom is -0.449 e. The molecule has 1 aromatic rings. The van der Waals surface area contributed by atoms with Crippen molar-refractivity contribution in [3.8, 4) is 0 Å². The van der Waals surface area contributed by atoms with E-state index in [4.69, 9.17) is 4.74 Å². The zero-order valence-electron chi connectivity index (χ0n) is 8.72. The molecule has 2 rings (SSSR count). The fourth-order valence-corrected chi connectivity index (χ4v) is 2.35. The largest absolute Gasteiger partial charge is 0.449 e. The van der Waals surface area contributed by atoms with Gasteiger partial charge in [0.25, 0.3) is 0 Å². The molecule has 0 aliphatic carbocycles. The molecular formula is C11H11BrFNO2. The van der Waals surface area contributed by atoms with E-state index >= 15 is 0 Å². The average molecular weight is 288 g/mol. The number of carbonyl (C=O) groups excluding carboxylic acids is 1. The summed E-state index contributed by atoms with van der Waals surface area (Å²) in [5, 5.41) is 2.61. The van der Waals surface area contributed by atoms with E-state index in [1.165, 1.54) is 0 Å². The Bertz CT molecular complexity index is 436. The van der Waals surface area contributed by atoms with E-state index in [1.54, 1.807) is 19.1 Å². The molecule has 0 radical (unpaired) electrons. The van der Waals surface area contributed by atoms with Crippen LogP contribution in [0.5, 0.6) is 0 Å². The van der Waals surface area contributed by atoms with Gasteiger partial charge >= 0.3 is 6.09 Å². The predicted octanol–water partition coefficient (Wildman–Crippen LogP) is 3.07. The number of amides is 1. The number of ether oxygens (including phenoxy) is 1. The van der Waals surface area contributed by atoms with E-state index in [0.717, 1.165) is 4.47 Å². The quantitative estimate of drug-likeness (QED) is 0.862. The number of alkyl carbamates (subject to hydrolysis) is 1. The second kappa shape index (κ2) is 4.41. The van der Waals surface area contributed by atoms with Crippen molar-refractivity contribution >= 4 is 22.0 Å². The number of aryl methyl sites for hydroxylation is 1. The number of halogens is 2. The van der Waals surface area contributed by atoms with Gasteiger partial charge in [0.05, 0.1) is 12.6 Å². The number of hydrogen-bond donors (Lipinski definition) is 1. The standard InChI is InChI=1S/C11H11BrFNO2/c1-6-4-7(12)5-8(10(6)13)9-2-3-16-11(15)14-9/h4-5,9H,2-3H2,1H3,(H,14,15)/t9-/m0/s1. The molecule has 0 saturated carbocycles. The summed E-state index contributed by atoms with van der Waals surface area (Å²) in [6.45, 7) is 2.02. The van der Waals surface area contributed by atoms with Crippen LogP contribution >= 0.6 is 15.9 Å². The molecule has 1 atom stereocenters. The zero-order chi connectivity index (χ0) is 11.7. The third-order valence-electron chi connectivity index (χ3n) is 2.55. The summed E-state index contributed by atoms with van der Waals surface area (Å²) in [5.74, 6) is -0.268. The van der Waals surface area contributed by atoms with Crippen molar-refractivity contribution in [2.75, 3.05) is 6.61 Å². The number of hydrogen-bond acceptors (Lipinski definition) is 2. The number of carbonyl (C=O) groups is 1.